The maximum absolute atomic E-state index is 11.5. The number of carbonyl (C=O) groups excluding carboxylic acids is 1. The summed E-state index contributed by atoms with van der Waals surface area (Å²) in [5.41, 5.74) is 0.973. The Bertz CT molecular complexity index is 444. The van der Waals surface area contributed by atoms with Crippen LogP contribution in [0.3, 0.4) is 0 Å². The lowest BCUT2D eigenvalue weighted by Crippen LogP contribution is -2.34. The molecule has 0 atom stereocenters. The zero-order chi connectivity index (χ0) is 13.7. The van der Waals surface area contributed by atoms with Crippen molar-refractivity contribution in [3.05, 3.63) is 23.8 Å². The highest BCUT2D eigenvalue weighted by Crippen LogP contribution is 2.23. The van der Waals surface area contributed by atoms with Crippen molar-refractivity contribution in [3.63, 3.8) is 0 Å². The first-order chi connectivity index (χ1) is 9.22. The predicted octanol–water partition coefficient (Wildman–Crippen LogP) is 1.07. The van der Waals surface area contributed by atoms with Gasteiger partial charge >= 0.3 is 0 Å². The Kier molecular flexibility index (Phi) is 4.63. The van der Waals surface area contributed by atoms with Gasteiger partial charge < -0.3 is 20.1 Å². The first-order valence-corrected chi connectivity index (χ1v) is 6.44. The predicted molar refractivity (Wildman–Crippen MR) is 72.4 cm³/mol. The molecular formula is C14H20N2O3. The van der Waals surface area contributed by atoms with E-state index in [9.17, 15) is 4.79 Å². The van der Waals surface area contributed by atoms with Gasteiger partial charge in [-0.2, -0.15) is 0 Å². The zero-order valence-corrected chi connectivity index (χ0v) is 11.4. The van der Waals surface area contributed by atoms with Crippen molar-refractivity contribution in [1.29, 1.82) is 0 Å². The molecule has 1 saturated carbocycles. The first-order valence-electron chi connectivity index (χ1n) is 6.44. The third-order valence-corrected chi connectivity index (χ3v) is 3.03. The van der Waals surface area contributed by atoms with Crippen LogP contribution in [0.2, 0.25) is 0 Å². The number of nitrogens with one attached hydrogen (secondary N) is 2. The SMILES string of the molecule is COc1ccc(OC)c(CNCC(=O)NC2CC2)c1. The molecule has 0 spiro atoms. The van der Waals surface area contributed by atoms with Crippen LogP contribution >= 0.6 is 0 Å². The standard InChI is InChI=1S/C14H20N2O3/c1-18-12-5-6-13(19-2)10(7-12)8-15-9-14(17)16-11-3-4-11/h5-7,11,15H,3-4,8-9H2,1-2H3,(H,16,17). The monoisotopic (exact) mass is 264 g/mol. The van der Waals surface area contributed by atoms with Gasteiger partial charge in [0.2, 0.25) is 5.91 Å². The Labute approximate surface area is 113 Å². The molecule has 1 amide bonds. The van der Waals surface area contributed by atoms with E-state index in [0.717, 1.165) is 29.9 Å². The molecule has 0 aliphatic heterocycles. The largest absolute Gasteiger partial charge is 0.497 e. The average Bonchev–Trinajstić information content (AvgIpc) is 3.22. The number of carbonyl (C=O) groups is 1. The highest BCUT2D eigenvalue weighted by Gasteiger charge is 2.22. The molecule has 0 bridgehead atoms. The fourth-order valence-corrected chi connectivity index (χ4v) is 1.84. The number of methoxy groups -OCH3 is 2. The molecule has 0 unspecified atom stereocenters. The van der Waals surface area contributed by atoms with Crippen LogP contribution in [-0.4, -0.2) is 32.7 Å². The molecule has 1 aromatic carbocycles. The van der Waals surface area contributed by atoms with Crippen molar-refractivity contribution >= 4 is 5.91 Å². The zero-order valence-electron chi connectivity index (χ0n) is 11.4. The molecule has 19 heavy (non-hydrogen) atoms. The lowest BCUT2D eigenvalue weighted by atomic mass is 10.2. The van der Waals surface area contributed by atoms with Crippen LogP contribution in [0, 0.1) is 0 Å². The van der Waals surface area contributed by atoms with Crippen LogP contribution in [0.4, 0.5) is 0 Å². The van der Waals surface area contributed by atoms with Crippen molar-refractivity contribution in [2.45, 2.75) is 25.4 Å². The summed E-state index contributed by atoms with van der Waals surface area (Å²) in [5, 5.41) is 6.05. The van der Waals surface area contributed by atoms with E-state index in [-0.39, 0.29) is 5.91 Å². The second kappa shape index (κ2) is 6.43. The number of rotatable bonds is 7. The average molecular weight is 264 g/mol. The molecule has 1 aromatic rings. The molecule has 5 nitrogen and oxygen atoms in total. The van der Waals surface area contributed by atoms with Crippen LogP contribution in [0.15, 0.2) is 18.2 Å². The Morgan fingerprint density at radius 2 is 2.11 bits per heavy atom. The second-order valence-corrected chi connectivity index (χ2v) is 4.62. The quantitative estimate of drug-likeness (QED) is 0.773. The molecule has 2 rings (SSSR count). The maximum Gasteiger partial charge on any atom is 0.234 e. The molecule has 104 valence electrons. The summed E-state index contributed by atoms with van der Waals surface area (Å²) < 4.78 is 10.5. The number of hydrogen-bond donors (Lipinski definition) is 2. The van der Waals surface area contributed by atoms with Gasteiger partial charge in [0, 0.05) is 18.2 Å². The fourth-order valence-electron chi connectivity index (χ4n) is 1.84. The van der Waals surface area contributed by atoms with Crippen LogP contribution < -0.4 is 20.1 Å². The van der Waals surface area contributed by atoms with E-state index in [0.29, 0.717) is 19.1 Å². The van der Waals surface area contributed by atoms with Crippen LogP contribution in [0.1, 0.15) is 18.4 Å². The van der Waals surface area contributed by atoms with Gasteiger partial charge in [-0.25, -0.2) is 0 Å². The summed E-state index contributed by atoms with van der Waals surface area (Å²) in [6.45, 7) is 0.884. The maximum atomic E-state index is 11.5. The van der Waals surface area contributed by atoms with Crippen LogP contribution in [-0.2, 0) is 11.3 Å². The fraction of sp³-hybridized carbons (Fsp3) is 0.500. The van der Waals surface area contributed by atoms with Crippen molar-refractivity contribution < 1.29 is 14.3 Å². The smallest absolute Gasteiger partial charge is 0.234 e. The van der Waals surface area contributed by atoms with Crippen molar-refractivity contribution in [2.75, 3.05) is 20.8 Å². The molecule has 2 N–H and O–H groups in total. The van der Waals surface area contributed by atoms with Crippen LogP contribution in [0.25, 0.3) is 0 Å². The van der Waals surface area contributed by atoms with Crippen molar-refractivity contribution in [1.82, 2.24) is 10.6 Å². The molecule has 1 aliphatic rings. The molecule has 0 saturated heterocycles. The van der Waals surface area contributed by atoms with E-state index >= 15 is 0 Å². The topological polar surface area (TPSA) is 59.6 Å². The van der Waals surface area contributed by atoms with Gasteiger partial charge in [0.05, 0.1) is 20.8 Å². The molecule has 1 fully saturated rings. The van der Waals surface area contributed by atoms with E-state index in [4.69, 9.17) is 9.47 Å². The minimum atomic E-state index is 0.0457. The molecule has 5 heteroatoms. The Morgan fingerprint density at radius 3 is 2.74 bits per heavy atom. The Morgan fingerprint density at radius 1 is 1.32 bits per heavy atom. The summed E-state index contributed by atoms with van der Waals surface area (Å²) in [5.74, 6) is 1.61. The molecular weight excluding hydrogens is 244 g/mol. The Balaban J connectivity index is 1.84. The van der Waals surface area contributed by atoms with Crippen molar-refractivity contribution in [2.24, 2.45) is 0 Å². The Hall–Kier alpha value is -1.75. The lowest BCUT2D eigenvalue weighted by molar-refractivity contribution is -0.120. The number of amides is 1. The minimum absolute atomic E-state index is 0.0457. The third-order valence-electron chi connectivity index (χ3n) is 3.03. The molecule has 1 aliphatic carbocycles. The number of ether oxygens (including phenoxy) is 2. The second-order valence-electron chi connectivity index (χ2n) is 4.62. The third kappa shape index (κ3) is 4.13. The lowest BCUT2D eigenvalue weighted by Gasteiger charge is -2.11. The van der Waals surface area contributed by atoms with Crippen molar-refractivity contribution in [3.8, 4) is 11.5 Å². The van der Waals surface area contributed by atoms with Gasteiger partial charge in [-0.15, -0.1) is 0 Å². The summed E-state index contributed by atoms with van der Waals surface area (Å²) in [4.78, 5) is 11.5. The number of hydrogen-bond acceptors (Lipinski definition) is 4. The van der Waals surface area contributed by atoms with Gasteiger partial charge in [0.25, 0.3) is 0 Å². The molecule has 0 aromatic heterocycles. The van der Waals surface area contributed by atoms with Gasteiger partial charge in [-0.1, -0.05) is 0 Å². The first kappa shape index (κ1) is 13.7. The van der Waals surface area contributed by atoms with E-state index in [2.05, 4.69) is 10.6 Å². The highest BCUT2D eigenvalue weighted by molar-refractivity contribution is 5.78. The van der Waals surface area contributed by atoms with Crippen LogP contribution in [0.5, 0.6) is 11.5 Å². The van der Waals surface area contributed by atoms with E-state index < -0.39 is 0 Å². The minimum Gasteiger partial charge on any atom is -0.497 e. The van der Waals surface area contributed by atoms with E-state index in [1.54, 1.807) is 14.2 Å². The summed E-state index contributed by atoms with van der Waals surface area (Å²) >= 11 is 0. The van der Waals surface area contributed by atoms with Gasteiger partial charge in [-0.3, -0.25) is 4.79 Å². The normalized spacial score (nSPS) is 14.0. The molecule has 0 radical (unpaired) electrons. The molecule has 0 heterocycles. The van der Waals surface area contributed by atoms with Gasteiger partial charge in [0.15, 0.2) is 0 Å². The van der Waals surface area contributed by atoms with E-state index in [1.165, 1.54) is 0 Å². The highest BCUT2D eigenvalue weighted by atomic mass is 16.5. The summed E-state index contributed by atoms with van der Waals surface area (Å²) in [6.07, 6.45) is 2.21. The van der Waals surface area contributed by atoms with Gasteiger partial charge in [0.1, 0.15) is 11.5 Å². The summed E-state index contributed by atoms with van der Waals surface area (Å²) in [6, 6.07) is 6.02. The van der Waals surface area contributed by atoms with E-state index in [1.807, 2.05) is 18.2 Å². The van der Waals surface area contributed by atoms with Gasteiger partial charge in [-0.05, 0) is 31.0 Å². The number of benzene rings is 1. The summed E-state index contributed by atoms with van der Waals surface area (Å²) in [7, 11) is 3.26.